The highest BCUT2D eigenvalue weighted by Gasteiger charge is 2.85. The van der Waals surface area contributed by atoms with E-state index in [0.717, 1.165) is 0 Å². The SMILES string of the molecule is CC(C)(C)C12C=CC1(C(C)(C)C)C(C)(O)C2=O. The molecule has 0 aromatic rings. The van der Waals surface area contributed by atoms with Crippen LogP contribution in [-0.2, 0) is 4.79 Å². The van der Waals surface area contributed by atoms with E-state index < -0.39 is 16.4 Å². The minimum Gasteiger partial charge on any atom is -0.381 e. The third-order valence-electron chi connectivity index (χ3n) is 5.14. The van der Waals surface area contributed by atoms with Crippen LogP contribution in [-0.4, -0.2) is 16.5 Å². The zero-order valence-electron chi connectivity index (χ0n) is 12.0. The lowest BCUT2D eigenvalue weighted by molar-refractivity contribution is -0.263. The summed E-state index contributed by atoms with van der Waals surface area (Å²) in [5.74, 6) is -0.0186. The molecule has 0 radical (unpaired) electrons. The predicted molar refractivity (Wildman–Crippen MR) is 68.5 cm³/mol. The number of fused-ring (bicyclic) bond motifs is 1. The van der Waals surface area contributed by atoms with Gasteiger partial charge in [-0.1, -0.05) is 53.7 Å². The molecule has 0 heterocycles. The second kappa shape index (κ2) is 2.69. The van der Waals surface area contributed by atoms with Crippen molar-refractivity contribution in [1.82, 2.24) is 0 Å². The third-order valence-corrected chi connectivity index (χ3v) is 5.14. The van der Waals surface area contributed by atoms with E-state index in [0.29, 0.717) is 0 Å². The van der Waals surface area contributed by atoms with Crippen LogP contribution in [0.4, 0.5) is 0 Å². The van der Waals surface area contributed by atoms with Gasteiger partial charge < -0.3 is 5.11 Å². The Morgan fingerprint density at radius 2 is 1.47 bits per heavy atom. The first kappa shape index (κ1) is 12.8. The highest BCUT2D eigenvalue weighted by atomic mass is 16.3. The second-order valence-electron chi connectivity index (χ2n) is 7.85. The highest BCUT2D eigenvalue weighted by Crippen LogP contribution is 2.79. The molecule has 2 nitrogen and oxygen atoms in total. The molecular formula is C15H24O2. The van der Waals surface area contributed by atoms with Gasteiger partial charge in [0, 0.05) is 5.41 Å². The van der Waals surface area contributed by atoms with Crippen molar-refractivity contribution < 1.29 is 9.90 Å². The summed E-state index contributed by atoms with van der Waals surface area (Å²) in [7, 11) is 0. The normalized spacial score (nSPS) is 45.1. The molecule has 0 bridgehead atoms. The topological polar surface area (TPSA) is 37.3 Å². The molecule has 3 atom stereocenters. The molecule has 96 valence electrons. The average molecular weight is 236 g/mol. The molecule has 0 amide bonds. The summed E-state index contributed by atoms with van der Waals surface area (Å²) < 4.78 is 0. The van der Waals surface area contributed by atoms with Gasteiger partial charge in [-0.05, 0) is 17.8 Å². The summed E-state index contributed by atoms with van der Waals surface area (Å²) in [6, 6.07) is 0. The van der Waals surface area contributed by atoms with Gasteiger partial charge >= 0.3 is 0 Å². The first-order chi connectivity index (χ1) is 7.36. The Morgan fingerprint density at radius 1 is 1.00 bits per heavy atom. The number of ketones is 1. The van der Waals surface area contributed by atoms with Crippen molar-refractivity contribution in [2.24, 2.45) is 21.7 Å². The fourth-order valence-electron chi connectivity index (χ4n) is 4.47. The fraction of sp³-hybridized carbons (Fsp3) is 0.800. The van der Waals surface area contributed by atoms with Crippen molar-refractivity contribution in [2.45, 2.75) is 54.1 Å². The van der Waals surface area contributed by atoms with Crippen molar-refractivity contribution in [3.8, 4) is 0 Å². The Bertz CT molecular complexity index is 417. The number of aliphatic hydroxyl groups is 1. The Morgan fingerprint density at radius 3 is 1.65 bits per heavy atom. The van der Waals surface area contributed by atoms with Gasteiger partial charge in [-0.2, -0.15) is 0 Å². The number of allylic oxidation sites excluding steroid dienone is 1. The van der Waals surface area contributed by atoms with E-state index in [1.54, 1.807) is 6.92 Å². The molecule has 2 aliphatic carbocycles. The van der Waals surface area contributed by atoms with Gasteiger partial charge in [0.05, 0.1) is 5.41 Å². The largest absolute Gasteiger partial charge is 0.381 e. The molecule has 1 N–H and O–H groups in total. The molecule has 17 heavy (non-hydrogen) atoms. The van der Waals surface area contributed by atoms with E-state index in [4.69, 9.17) is 0 Å². The molecule has 1 saturated carbocycles. The lowest BCUT2D eigenvalue weighted by Gasteiger charge is -2.77. The van der Waals surface area contributed by atoms with Crippen LogP contribution in [0.5, 0.6) is 0 Å². The van der Waals surface area contributed by atoms with Gasteiger partial charge in [-0.3, -0.25) is 4.79 Å². The van der Waals surface area contributed by atoms with E-state index >= 15 is 0 Å². The minimum atomic E-state index is -1.23. The highest BCUT2D eigenvalue weighted by molar-refractivity contribution is 6.06. The average Bonchev–Trinajstić information content (AvgIpc) is 1.95. The predicted octanol–water partition coefficient (Wildman–Crippen LogP) is 2.95. The minimum absolute atomic E-state index is 0.0186. The molecule has 2 rings (SSSR count). The van der Waals surface area contributed by atoms with Crippen LogP contribution in [0.25, 0.3) is 0 Å². The standard InChI is InChI=1S/C15H24O2/c1-11(2,3)14-8-9-15(14,12(4,5)6)13(7,17)10(14)16/h8-9,17H,1-7H3. The molecule has 0 aromatic carbocycles. The first-order valence-electron chi connectivity index (χ1n) is 6.34. The summed E-state index contributed by atoms with van der Waals surface area (Å²) in [5, 5.41) is 10.6. The number of carbonyl (C=O) groups is 1. The summed E-state index contributed by atoms with van der Waals surface area (Å²) in [5.41, 5.74) is -2.45. The van der Waals surface area contributed by atoms with Crippen molar-refractivity contribution >= 4 is 5.78 Å². The summed E-state index contributed by atoms with van der Waals surface area (Å²) in [4.78, 5) is 12.5. The third kappa shape index (κ3) is 0.929. The number of Topliss-reactive ketones (excluding diaryl/α,β-unsaturated/α-hetero) is 1. The maximum absolute atomic E-state index is 12.5. The quantitative estimate of drug-likeness (QED) is 0.657. The Hall–Kier alpha value is -0.630. The molecule has 1 fully saturated rings. The van der Waals surface area contributed by atoms with Crippen LogP contribution in [0, 0.1) is 21.7 Å². The summed E-state index contributed by atoms with van der Waals surface area (Å²) in [6.45, 7) is 14.3. The lowest BCUT2D eigenvalue weighted by atomic mass is 9.25. The molecule has 0 saturated heterocycles. The van der Waals surface area contributed by atoms with E-state index in [2.05, 4.69) is 47.6 Å². The van der Waals surface area contributed by atoms with Gasteiger partial charge in [0.1, 0.15) is 5.60 Å². The number of hydrogen-bond donors (Lipinski definition) is 1. The lowest BCUT2D eigenvalue weighted by Crippen LogP contribution is -2.85. The number of rotatable bonds is 0. The van der Waals surface area contributed by atoms with Gasteiger partial charge in [0.25, 0.3) is 0 Å². The Kier molecular flexibility index (Phi) is 2.03. The van der Waals surface area contributed by atoms with Gasteiger partial charge in [0.2, 0.25) is 0 Å². The zero-order valence-corrected chi connectivity index (χ0v) is 12.0. The van der Waals surface area contributed by atoms with Crippen LogP contribution in [0.15, 0.2) is 12.2 Å². The maximum Gasteiger partial charge on any atom is 0.176 e. The zero-order chi connectivity index (χ0) is 13.5. The summed E-state index contributed by atoms with van der Waals surface area (Å²) in [6.07, 6.45) is 4.07. The smallest absolute Gasteiger partial charge is 0.176 e. The van der Waals surface area contributed by atoms with Crippen LogP contribution in [0.2, 0.25) is 0 Å². The fourth-order valence-corrected chi connectivity index (χ4v) is 4.47. The van der Waals surface area contributed by atoms with Crippen LogP contribution in [0.1, 0.15) is 48.5 Å². The molecule has 0 spiro atoms. The van der Waals surface area contributed by atoms with Crippen LogP contribution < -0.4 is 0 Å². The van der Waals surface area contributed by atoms with Crippen LogP contribution in [0.3, 0.4) is 0 Å². The van der Waals surface area contributed by atoms with E-state index in [1.165, 1.54) is 0 Å². The van der Waals surface area contributed by atoms with Crippen molar-refractivity contribution in [3.63, 3.8) is 0 Å². The van der Waals surface area contributed by atoms with E-state index in [-0.39, 0.29) is 16.6 Å². The van der Waals surface area contributed by atoms with E-state index in [9.17, 15) is 9.90 Å². The molecule has 0 aliphatic heterocycles. The Labute approximate surface area is 104 Å². The Balaban J connectivity index is 2.68. The van der Waals surface area contributed by atoms with E-state index in [1.807, 2.05) is 6.08 Å². The maximum atomic E-state index is 12.5. The molecule has 2 aliphatic rings. The molecule has 0 aromatic heterocycles. The number of hydrogen-bond acceptors (Lipinski definition) is 2. The molecule has 2 heteroatoms. The summed E-state index contributed by atoms with van der Waals surface area (Å²) >= 11 is 0. The second-order valence-corrected chi connectivity index (χ2v) is 7.85. The van der Waals surface area contributed by atoms with Crippen molar-refractivity contribution in [2.75, 3.05) is 0 Å². The van der Waals surface area contributed by atoms with Crippen LogP contribution >= 0.6 is 0 Å². The number of carbonyl (C=O) groups excluding carboxylic acids is 1. The molecular weight excluding hydrogens is 212 g/mol. The monoisotopic (exact) mass is 236 g/mol. The van der Waals surface area contributed by atoms with Gasteiger partial charge in [-0.25, -0.2) is 0 Å². The van der Waals surface area contributed by atoms with Gasteiger partial charge in [-0.15, -0.1) is 0 Å². The molecule has 3 unspecified atom stereocenters. The van der Waals surface area contributed by atoms with Crippen molar-refractivity contribution in [1.29, 1.82) is 0 Å². The van der Waals surface area contributed by atoms with Gasteiger partial charge in [0.15, 0.2) is 5.78 Å². The van der Waals surface area contributed by atoms with Crippen molar-refractivity contribution in [3.05, 3.63) is 12.2 Å². The first-order valence-corrected chi connectivity index (χ1v) is 6.34.